The summed E-state index contributed by atoms with van der Waals surface area (Å²) < 4.78 is 0. The van der Waals surface area contributed by atoms with Crippen molar-refractivity contribution in [2.24, 2.45) is 5.73 Å². The predicted molar refractivity (Wildman–Crippen MR) is 59.6 cm³/mol. The number of benzene rings is 1. The van der Waals surface area contributed by atoms with Crippen LogP contribution >= 0.6 is 0 Å². The lowest BCUT2D eigenvalue weighted by molar-refractivity contribution is 0.0698. The lowest BCUT2D eigenvalue weighted by Gasteiger charge is -2.20. The van der Waals surface area contributed by atoms with E-state index in [-0.39, 0.29) is 11.5 Å². The molecule has 0 saturated carbocycles. The maximum atomic E-state index is 8.71. The molecule has 8 N–H and O–H groups in total. The molecular weight excluding hydrogens is 230 g/mol. The van der Waals surface area contributed by atoms with Crippen LogP contribution in [0, 0.1) is 0 Å². The van der Waals surface area contributed by atoms with Crippen molar-refractivity contribution in [1.29, 1.82) is 0 Å². The molecule has 0 amide bonds. The summed E-state index contributed by atoms with van der Waals surface area (Å²) in [5.41, 5.74) is 3.94. The molecule has 7 heteroatoms. The standard InChI is InChI=1S/C6H6O3.C4H11NO3/c7-4-2-1-3-5(8)6(4)9;5-4(1-6,2-7)3-8/h1-3,7-9H;6-8H,1-3,5H2. The van der Waals surface area contributed by atoms with Gasteiger partial charge >= 0.3 is 0 Å². The van der Waals surface area contributed by atoms with Crippen LogP contribution in [0.4, 0.5) is 0 Å². The molecule has 98 valence electrons. The number of nitrogens with two attached hydrogens (primary N) is 1. The van der Waals surface area contributed by atoms with Gasteiger partial charge in [-0.05, 0) is 12.1 Å². The molecule has 1 aromatic carbocycles. The SMILES string of the molecule is NC(CO)(CO)CO.Oc1cccc(O)c1O. The van der Waals surface area contributed by atoms with Crippen molar-refractivity contribution in [3.8, 4) is 17.2 Å². The predicted octanol–water partition coefficient (Wildman–Crippen LogP) is -1.54. The van der Waals surface area contributed by atoms with Gasteiger partial charge in [0.25, 0.3) is 0 Å². The van der Waals surface area contributed by atoms with Crippen LogP contribution in [0.15, 0.2) is 18.2 Å². The molecule has 0 saturated heterocycles. The first-order valence-corrected chi connectivity index (χ1v) is 4.71. The van der Waals surface area contributed by atoms with E-state index in [9.17, 15) is 0 Å². The summed E-state index contributed by atoms with van der Waals surface area (Å²) in [6.45, 7) is -1.21. The summed E-state index contributed by atoms with van der Waals surface area (Å²) >= 11 is 0. The van der Waals surface area contributed by atoms with Crippen molar-refractivity contribution in [1.82, 2.24) is 0 Å². The van der Waals surface area contributed by atoms with Gasteiger partial charge in [0.1, 0.15) is 0 Å². The van der Waals surface area contributed by atoms with E-state index >= 15 is 0 Å². The number of phenolic OH excluding ortho intramolecular Hbond substituents is 3. The van der Waals surface area contributed by atoms with Crippen LogP contribution in [-0.2, 0) is 0 Å². The molecule has 1 aromatic rings. The Morgan fingerprint density at radius 3 is 1.41 bits per heavy atom. The Morgan fingerprint density at radius 2 is 1.24 bits per heavy atom. The number of aromatic hydroxyl groups is 3. The Labute approximate surface area is 98.0 Å². The lowest BCUT2D eigenvalue weighted by Crippen LogP contribution is -2.50. The first-order valence-electron chi connectivity index (χ1n) is 4.71. The van der Waals surface area contributed by atoms with Crippen LogP contribution in [0.25, 0.3) is 0 Å². The fourth-order valence-electron chi connectivity index (χ4n) is 0.669. The number of hydrogen-bond donors (Lipinski definition) is 7. The van der Waals surface area contributed by atoms with Gasteiger partial charge in [-0.25, -0.2) is 0 Å². The Balaban J connectivity index is 0.000000304. The fraction of sp³-hybridized carbons (Fsp3) is 0.400. The first kappa shape index (κ1) is 15.5. The zero-order valence-corrected chi connectivity index (χ0v) is 9.11. The topological polar surface area (TPSA) is 147 Å². The van der Waals surface area contributed by atoms with Crippen LogP contribution in [0.2, 0.25) is 0 Å². The highest BCUT2D eigenvalue weighted by Gasteiger charge is 2.20. The van der Waals surface area contributed by atoms with Crippen LogP contribution in [0.5, 0.6) is 17.2 Å². The second-order valence-corrected chi connectivity index (χ2v) is 3.48. The molecule has 0 bridgehead atoms. The molecule has 17 heavy (non-hydrogen) atoms. The zero-order chi connectivity index (χ0) is 13.5. The summed E-state index contributed by atoms with van der Waals surface area (Å²) in [5.74, 6) is -1.09. The first-order chi connectivity index (χ1) is 7.90. The van der Waals surface area contributed by atoms with Gasteiger partial charge in [0, 0.05) is 0 Å². The molecule has 0 aliphatic carbocycles. The summed E-state index contributed by atoms with van der Waals surface area (Å²) in [7, 11) is 0. The minimum Gasteiger partial charge on any atom is -0.504 e. The lowest BCUT2D eigenvalue weighted by atomic mass is 10.1. The second-order valence-electron chi connectivity index (χ2n) is 3.48. The van der Waals surface area contributed by atoms with Crippen LogP contribution in [0.3, 0.4) is 0 Å². The van der Waals surface area contributed by atoms with Gasteiger partial charge in [0.05, 0.1) is 25.4 Å². The molecule has 0 aromatic heterocycles. The van der Waals surface area contributed by atoms with Gasteiger partial charge in [-0.1, -0.05) is 6.07 Å². The molecule has 0 unspecified atom stereocenters. The van der Waals surface area contributed by atoms with E-state index in [2.05, 4.69) is 0 Å². The summed E-state index contributed by atoms with van der Waals surface area (Å²) in [6.07, 6.45) is 0. The van der Waals surface area contributed by atoms with E-state index in [0.717, 1.165) is 0 Å². The smallest absolute Gasteiger partial charge is 0.200 e. The van der Waals surface area contributed by atoms with Crippen molar-refractivity contribution in [3.05, 3.63) is 18.2 Å². The van der Waals surface area contributed by atoms with Gasteiger partial charge in [-0.2, -0.15) is 0 Å². The van der Waals surface area contributed by atoms with E-state index in [1.165, 1.54) is 18.2 Å². The Bertz CT molecular complexity index is 311. The van der Waals surface area contributed by atoms with Gasteiger partial charge in [0.15, 0.2) is 17.2 Å². The number of para-hydroxylation sites is 1. The van der Waals surface area contributed by atoms with Gasteiger partial charge in [0.2, 0.25) is 0 Å². The third-order valence-corrected chi connectivity index (χ3v) is 1.94. The number of aliphatic hydroxyl groups excluding tert-OH is 3. The number of phenols is 3. The quantitative estimate of drug-likeness (QED) is 0.320. The molecule has 0 heterocycles. The average Bonchev–Trinajstić information content (AvgIpc) is 2.35. The molecule has 0 aliphatic rings. The van der Waals surface area contributed by atoms with Crippen molar-refractivity contribution >= 4 is 0 Å². The maximum Gasteiger partial charge on any atom is 0.200 e. The van der Waals surface area contributed by atoms with Crippen LogP contribution in [0.1, 0.15) is 0 Å². The van der Waals surface area contributed by atoms with Crippen molar-refractivity contribution in [2.75, 3.05) is 19.8 Å². The summed E-state index contributed by atoms with van der Waals surface area (Å²) in [5, 5.41) is 51.1. The van der Waals surface area contributed by atoms with Crippen LogP contribution < -0.4 is 5.73 Å². The summed E-state index contributed by atoms with van der Waals surface area (Å²) in [4.78, 5) is 0. The number of aliphatic hydroxyl groups is 3. The molecule has 1 rings (SSSR count). The third kappa shape index (κ3) is 4.87. The van der Waals surface area contributed by atoms with Crippen molar-refractivity contribution < 1.29 is 30.6 Å². The highest BCUT2D eigenvalue weighted by molar-refractivity contribution is 5.47. The molecule has 0 aliphatic heterocycles. The van der Waals surface area contributed by atoms with Crippen molar-refractivity contribution in [2.45, 2.75) is 5.54 Å². The van der Waals surface area contributed by atoms with Gasteiger partial charge in [-0.3, -0.25) is 0 Å². The monoisotopic (exact) mass is 247 g/mol. The average molecular weight is 247 g/mol. The molecule has 0 spiro atoms. The zero-order valence-electron chi connectivity index (χ0n) is 9.11. The molecule has 7 nitrogen and oxygen atoms in total. The van der Waals surface area contributed by atoms with E-state index < -0.39 is 31.1 Å². The third-order valence-electron chi connectivity index (χ3n) is 1.94. The molecular formula is C10H17NO6. The van der Waals surface area contributed by atoms with E-state index in [4.69, 9.17) is 36.4 Å². The van der Waals surface area contributed by atoms with E-state index in [1.807, 2.05) is 0 Å². The number of hydrogen-bond acceptors (Lipinski definition) is 7. The van der Waals surface area contributed by atoms with E-state index in [1.54, 1.807) is 0 Å². The van der Waals surface area contributed by atoms with E-state index in [0.29, 0.717) is 0 Å². The normalized spacial score (nSPS) is 10.6. The molecule has 0 atom stereocenters. The molecule has 0 radical (unpaired) electrons. The summed E-state index contributed by atoms with van der Waals surface area (Å²) in [6, 6.07) is 4.01. The highest BCUT2D eigenvalue weighted by atomic mass is 16.3. The molecule has 0 fully saturated rings. The van der Waals surface area contributed by atoms with Gasteiger partial charge < -0.3 is 36.4 Å². The fourth-order valence-corrected chi connectivity index (χ4v) is 0.669. The Hall–Kier alpha value is -1.54. The highest BCUT2D eigenvalue weighted by Crippen LogP contribution is 2.32. The van der Waals surface area contributed by atoms with Gasteiger partial charge in [-0.15, -0.1) is 0 Å². The second kappa shape index (κ2) is 6.92. The van der Waals surface area contributed by atoms with Crippen molar-refractivity contribution in [3.63, 3.8) is 0 Å². The maximum absolute atomic E-state index is 8.71. The largest absolute Gasteiger partial charge is 0.504 e. The minimum atomic E-state index is -1.21. The van der Waals surface area contributed by atoms with Crippen LogP contribution in [-0.4, -0.2) is 56.0 Å². The number of rotatable bonds is 3. The Morgan fingerprint density at radius 1 is 0.882 bits per heavy atom. The Kier molecular flexibility index (Phi) is 6.29. The minimum absolute atomic E-state index is 0.310.